The average Bonchev–Trinajstić information content (AvgIpc) is 3.08. The molecule has 162 valence electrons. The highest BCUT2D eigenvalue weighted by Gasteiger charge is 2.32. The number of hydrogen-bond acceptors (Lipinski definition) is 6. The van der Waals surface area contributed by atoms with Crippen LogP contribution in [0, 0.1) is 6.92 Å². The molecule has 3 aromatic rings. The van der Waals surface area contributed by atoms with Gasteiger partial charge in [-0.2, -0.15) is 0 Å². The van der Waals surface area contributed by atoms with E-state index < -0.39 is 10.0 Å². The van der Waals surface area contributed by atoms with Crippen LogP contribution in [-0.2, 0) is 21.2 Å². The molecule has 0 fully saturated rings. The second-order valence-electron chi connectivity index (χ2n) is 7.01. The molecule has 0 spiro atoms. The van der Waals surface area contributed by atoms with E-state index >= 15 is 0 Å². The molecule has 11 heteroatoms. The van der Waals surface area contributed by atoms with Crippen molar-refractivity contribution in [1.82, 2.24) is 9.97 Å². The first-order valence-electron chi connectivity index (χ1n) is 9.40. The highest BCUT2D eigenvalue weighted by molar-refractivity contribution is 7.93. The number of anilines is 2. The van der Waals surface area contributed by atoms with E-state index in [4.69, 9.17) is 28.2 Å². The summed E-state index contributed by atoms with van der Waals surface area (Å²) in [6.07, 6.45) is 1.27. The van der Waals surface area contributed by atoms with Crippen LogP contribution >= 0.6 is 34.5 Å². The van der Waals surface area contributed by atoms with Gasteiger partial charge in [0.15, 0.2) is 5.13 Å². The Morgan fingerprint density at radius 2 is 1.97 bits per heavy atom. The van der Waals surface area contributed by atoms with Crippen molar-refractivity contribution in [3.05, 3.63) is 51.8 Å². The molecule has 0 saturated carbocycles. The Hall–Kier alpha value is -2.20. The minimum Gasteiger partial charge on any atom is -0.302 e. The number of carbonyl (C=O) groups is 1. The van der Waals surface area contributed by atoms with Gasteiger partial charge in [-0.25, -0.2) is 18.4 Å². The molecule has 3 heterocycles. The number of sulfonamides is 1. The number of amides is 1. The molecule has 1 amide bonds. The standard InChI is InChI=1S/C20H18Cl2N4O3S2/c1-11-19(30-20(23-11)24-12(2)27)15-8-9-16-14(25-15)6-4-10-26(16)31(28,29)17-7-3-5-13(21)18(17)22/h3,5,7-9H,4,6,10H2,1-2H3,(H,23,24,27). The van der Waals surface area contributed by atoms with Crippen LogP contribution in [0.1, 0.15) is 24.7 Å². The molecule has 0 radical (unpaired) electrons. The molecule has 0 aliphatic carbocycles. The maximum Gasteiger partial charge on any atom is 0.265 e. The monoisotopic (exact) mass is 496 g/mol. The fourth-order valence-electron chi connectivity index (χ4n) is 3.43. The van der Waals surface area contributed by atoms with Crippen LogP contribution in [0.25, 0.3) is 10.6 Å². The van der Waals surface area contributed by atoms with E-state index in [2.05, 4.69) is 10.3 Å². The minimum absolute atomic E-state index is 0.00616. The first-order chi connectivity index (χ1) is 14.7. The van der Waals surface area contributed by atoms with Gasteiger partial charge in [0.2, 0.25) is 5.91 Å². The summed E-state index contributed by atoms with van der Waals surface area (Å²) in [6, 6.07) is 8.08. The van der Waals surface area contributed by atoms with Crippen molar-refractivity contribution in [1.29, 1.82) is 0 Å². The van der Waals surface area contributed by atoms with Gasteiger partial charge in [-0.3, -0.25) is 9.10 Å². The first kappa shape index (κ1) is 22.0. The topological polar surface area (TPSA) is 92.3 Å². The van der Waals surface area contributed by atoms with Crippen molar-refractivity contribution in [3.63, 3.8) is 0 Å². The van der Waals surface area contributed by atoms with Gasteiger partial charge in [0.1, 0.15) is 4.90 Å². The van der Waals surface area contributed by atoms with E-state index in [1.807, 2.05) is 6.92 Å². The van der Waals surface area contributed by atoms with Crippen molar-refractivity contribution in [2.75, 3.05) is 16.2 Å². The highest BCUT2D eigenvalue weighted by atomic mass is 35.5. The summed E-state index contributed by atoms with van der Waals surface area (Å²) in [4.78, 5) is 21.2. The van der Waals surface area contributed by atoms with Gasteiger partial charge >= 0.3 is 0 Å². The van der Waals surface area contributed by atoms with Gasteiger partial charge in [-0.05, 0) is 44.0 Å². The summed E-state index contributed by atoms with van der Waals surface area (Å²) in [7, 11) is -3.90. The predicted molar refractivity (Wildman–Crippen MR) is 124 cm³/mol. The number of carbonyl (C=O) groups excluding carboxylic acids is 1. The third-order valence-corrected chi connectivity index (χ3v) is 8.67. The number of rotatable bonds is 4. The number of pyridine rings is 1. The lowest BCUT2D eigenvalue weighted by atomic mass is 10.1. The fourth-order valence-corrected chi connectivity index (χ4v) is 6.68. The van der Waals surface area contributed by atoms with E-state index in [-0.39, 0.29) is 20.8 Å². The number of halogens is 2. The number of nitrogens with one attached hydrogen (secondary N) is 1. The van der Waals surface area contributed by atoms with E-state index in [9.17, 15) is 13.2 Å². The molecule has 31 heavy (non-hydrogen) atoms. The molecular weight excluding hydrogens is 479 g/mol. The first-order valence-corrected chi connectivity index (χ1v) is 12.4. The van der Waals surface area contributed by atoms with Crippen LogP contribution in [0.2, 0.25) is 10.0 Å². The van der Waals surface area contributed by atoms with Gasteiger partial charge in [0.05, 0.1) is 37.7 Å². The Bertz CT molecular complexity index is 1290. The SMILES string of the molecule is CC(=O)Nc1nc(C)c(-c2ccc3c(n2)CCCN3S(=O)(=O)c2cccc(Cl)c2Cl)s1. The Morgan fingerprint density at radius 1 is 1.19 bits per heavy atom. The third-order valence-electron chi connectivity index (χ3n) is 4.79. The summed E-state index contributed by atoms with van der Waals surface area (Å²) in [5.74, 6) is -0.195. The lowest BCUT2D eigenvalue weighted by molar-refractivity contribution is -0.114. The Morgan fingerprint density at radius 3 is 2.71 bits per heavy atom. The van der Waals surface area contributed by atoms with Crippen molar-refractivity contribution in [2.45, 2.75) is 31.6 Å². The van der Waals surface area contributed by atoms with Crippen LogP contribution in [0.3, 0.4) is 0 Å². The number of benzene rings is 1. The van der Waals surface area contributed by atoms with Gasteiger partial charge in [-0.1, -0.05) is 40.6 Å². The summed E-state index contributed by atoms with van der Waals surface area (Å²) < 4.78 is 28.0. The van der Waals surface area contributed by atoms with Gasteiger partial charge in [0.25, 0.3) is 10.0 Å². The lowest BCUT2D eigenvalue weighted by Crippen LogP contribution is -2.36. The zero-order valence-corrected chi connectivity index (χ0v) is 19.8. The van der Waals surface area contributed by atoms with Gasteiger partial charge in [0, 0.05) is 13.5 Å². The molecule has 1 aliphatic heterocycles. The molecule has 0 saturated heterocycles. The van der Waals surface area contributed by atoms with Crippen LogP contribution < -0.4 is 9.62 Å². The number of fused-ring (bicyclic) bond motifs is 1. The maximum absolute atomic E-state index is 13.3. The zero-order chi connectivity index (χ0) is 22.3. The molecule has 0 atom stereocenters. The van der Waals surface area contributed by atoms with Crippen molar-refractivity contribution in [3.8, 4) is 10.6 Å². The fraction of sp³-hybridized carbons (Fsp3) is 0.250. The van der Waals surface area contributed by atoms with E-state index in [0.29, 0.717) is 41.6 Å². The number of hydrogen-bond donors (Lipinski definition) is 1. The molecule has 1 aliphatic rings. The van der Waals surface area contributed by atoms with Gasteiger partial charge < -0.3 is 5.32 Å². The van der Waals surface area contributed by atoms with E-state index in [1.54, 1.807) is 24.3 Å². The minimum atomic E-state index is -3.90. The lowest BCUT2D eigenvalue weighted by Gasteiger charge is -2.30. The number of aromatic nitrogens is 2. The van der Waals surface area contributed by atoms with Gasteiger partial charge in [-0.15, -0.1) is 0 Å². The molecule has 0 unspecified atom stereocenters. The number of nitrogens with zero attached hydrogens (tertiary/aromatic N) is 3. The highest BCUT2D eigenvalue weighted by Crippen LogP contribution is 2.38. The Kier molecular flexibility index (Phi) is 5.95. The quantitative estimate of drug-likeness (QED) is 0.553. The predicted octanol–water partition coefficient (Wildman–Crippen LogP) is 4.92. The maximum atomic E-state index is 13.3. The molecule has 0 bridgehead atoms. The van der Waals surface area contributed by atoms with Crippen molar-refractivity contribution in [2.24, 2.45) is 0 Å². The normalized spacial score (nSPS) is 13.7. The second kappa shape index (κ2) is 8.38. The summed E-state index contributed by atoms with van der Waals surface area (Å²) >= 11 is 13.6. The molecule has 7 nitrogen and oxygen atoms in total. The van der Waals surface area contributed by atoms with E-state index in [1.165, 1.54) is 28.6 Å². The second-order valence-corrected chi connectivity index (χ2v) is 10.6. The molecule has 1 N–H and O–H groups in total. The number of thiazole rings is 1. The third kappa shape index (κ3) is 4.15. The molecule has 4 rings (SSSR count). The summed E-state index contributed by atoms with van der Waals surface area (Å²) in [5.41, 5.74) is 2.63. The number of aryl methyl sites for hydroxylation is 2. The molecular formula is C20H18Cl2N4O3S2. The zero-order valence-electron chi connectivity index (χ0n) is 16.6. The molecule has 2 aromatic heterocycles. The van der Waals surface area contributed by atoms with Crippen LogP contribution in [-0.4, -0.2) is 30.8 Å². The summed E-state index contributed by atoms with van der Waals surface area (Å²) in [6.45, 7) is 3.59. The molecule has 1 aromatic carbocycles. The van der Waals surface area contributed by atoms with Crippen molar-refractivity contribution >= 4 is 61.3 Å². The summed E-state index contributed by atoms with van der Waals surface area (Å²) in [5, 5.41) is 3.37. The average molecular weight is 497 g/mol. The Labute approximate surface area is 194 Å². The Balaban J connectivity index is 1.74. The van der Waals surface area contributed by atoms with Crippen molar-refractivity contribution < 1.29 is 13.2 Å². The smallest absolute Gasteiger partial charge is 0.265 e. The van der Waals surface area contributed by atoms with Crippen LogP contribution in [0.4, 0.5) is 10.8 Å². The van der Waals surface area contributed by atoms with Crippen LogP contribution in [0.5, 0.6) is 0 Å². The largest absolute Gasteiger partial charge is 0.302 e. The van der Waals surface area contributed by atoms with E-state index in [0.717, 1.165) is 10.6 Å². The van der Waals surface area contributed by atoms with Crippen LogP contribution in [0.15, 0.2) is 35.2 Å².